The first-order valence-electron chi connectivity index (χ1n) is 8.76. The quantitative estimate of drug-likeness (QED) is 0.668. The van der Waals surface area contributed by atoms with Gasteiger partial charge in [-0.05, 0) is 56.3 Å². The number of amides is 3. The molecule has 0 aliphatic heterocycles. The van der Waals surface area contributed by atoms with E-state index in [-0.39, 0.29) is 36.1 Å². The summed E-state index contributed by atoms with van der Waals surface area (Å²) in [5, 5.41) is 7.96. The smallest absolute Gasteiger partial charge is 0.239 e. The summed E-state index contributed by atoms with van der Waals surface area (Å²) in [7, 11) is 1.53. The van der Waals surface area contributed by atoms with E-state index in [2.05, 4.69) is 16.0 Å². The molecule has 4 aliphatic rings. The Labute approximate surface area is 137 Å². The number of hydrogen-bond donors (Lipinski definition) is 3. The number of rotatable bonds is 6. The Hall–Kier alpha value is -1.59. The van der Waals surface area contributed by atoms with E-state index >= 15 is 0 Å². The lowest BCUT2D eigenvalue weighted by atomic mass is 9.49. The summed E-state index contributed by atoms with van der Waals surface area (Å²) < 4.78 is 0. The predicted octanol–water partition coefficient (Wildman–Crippen LogP) is 0.571. The lowest BCUT2D eigenvalue weighted by molar-refractivity contribution is -0.146. The van der Waals surface area contributed by atoms with Crippen molar-refractivity contribution in [1.82, 2.24) is 16.0 Å². The van der Waals surface area contributed by atoms with Crippen LogP contribution < -0.4 is 16.0 Å². The van der Waals surface area contributed by atoms with Gasteiger partial charge in [-0.25, -0.2) is 0 Å². The normalized spacial score (nSPS) is 34.0. The number of hydrogen-bond acceptors (Lipinski definition) is 3. The SMILES string of the molecule is CNC(=O)CNC(=O)CCNC(=O)C12CC3CC(CC(C3)C1)C2. The Morgan fingerprint density at radius 1 is 0.913 bits per heavy atom. The molecule has 128 valence electrons. The fraction of sp³-hybridized carbons (Fsp3) is 0.824. The van der Waals surface area contributed by atoms with Crippen LogP contribution in [0.3, 0.4) is 0 Å². The monoisotopic (exact) mass is 321 g/mol. The fourth-order valence-corrected chi connectivity index (χ4v) is 5.22. The van der Waals surface area contributed by atoms with Crippen molar-refractivity contribution < 1.29 is 14.4 Å². The van der Waals surface area contributed by atoms with Gasteiger partial charge in [0.15, 0.2) is 0 Å². The van der Waals surface area contributed by atoms with E-state index in [9.17, 15) is 14.4 Å². The number of nitrogens with one attached hydrogen (secondary N) is 3. The average Bonchev–Trinajstić information content (AvgIpc) is 2.51. The first-order valence-corrected chi connectivity index (χ1v) is 8.76. The van der Waals surface area contributed by atoms with Crippen LogP contribution in [0.25, 0.3) is 0 Å². The van der Waals surface area contributed by atoms with E-state index < -0.39 is 0 Å². The maximum absolute atomic E-state index is 12.7. The molecular weight excluding hydrogens is 294 g/mol. The second kappa shape index (κ2) is 6.49. The topological polar surface area (TPSA) is 87.3 Å². The van der Waals surface area contributed by atoms with Gasteiger partial charge in [0.25, 0.3) is 0 Å². The van der Waals surface area contributed by atoms with Gasteiger partial charge in [-0.2, -0.15) is 0 Å². The molecular formula is C17H27N3O3. The average molecular weight is 321 g/mol. The molecule has 0 saturated heterocycles. The molecule has 4 fully saturated rings. The third kappa shape index (κ3) is 3.51. The Bertz CT molecular complexity index is 468. The van der Waals surface area contributed by atoms with Gasteiger partial charge in [0.2, 0.25) is 17.7 Å². The minimum atomic E-state index is -0.226. The van der Waals surface area contributed by atoms with Gasteiger partial charge >= 0.3 is 0 Å². The predicted molar refractivity (Wildman–Crippen MR) is 85.3 cm³/mol. The summed E-state index contributed by atoms with van der Waals surface area (Å²) in [6, 6.07) is 0. The molecule has 4 bridgehead atoms. The Morgan fingerprint density at radius 3 is 2.00 bits per heavy atom. The van der Waals surface area contributed by atoms with Crippen LogP contribution in [0.15, 0.2) is 0 Å². The molecule has 0 radical (unpaired) electrons. The highest BCUT2D eigenvalue weighted by molar-refractivity contribution is 5.86. The summed E-state index contributed by atoms with van der Waals surface area (Å²) in [6.07, 6.45) is 7.27. The van der Waals surface area contributed by atoms with Gasteiger partial charge < -0.3 is 16.0 Å². The standard InChI is InChI=1S/C17H27N3O3/c1-18-15(22)10-20-14(21)2-3-19-16(23)17-7-11-4-12(8-17)6-13(5-11)9-17/h11-13H,2-10H2,1H3,(H,18,22)(H,19,23)(H,20,21). The van der Waals surface area contributed by atoms with Crippen molar-refractivity contribution in [3.05, 3.63) is 0 Å². The molecule has 0 aromatic heterocycles. The minimum Gasteiger partial charge on any atom is -0.358 e. The number of carbonyl (C=O) groups excluding carboxylic acids is 3. The van der Waals surface area contributed by atoms with Crippen LogP contribution in [-0.4, -0.2) is 37.9 Å². The second-order valence-corrected chi connectivity index (χ2v) is 7.65. The first kappa shape index (κ1) is 16.3. The summed E-state index contributed by atoms with van der Waals surface area (Å²) in [5.74, 6) is 1.93. The zero-order chi connectivity index (χ0) is 16.4. The highest BCUT2D eigenvalue weighted by Gasteiger charge is 2.54. The van der Waals surface area contributed by atoms with Crippen molar-refractivity contribution >= 4 is 17.7 Å². The summed E-state index contributed by atoms with van der Waals surface area (Å²) in [6.45, 7) is 0.332. The fourth-order valence-electron chi connectivity index (χ4n) is 5.22. The molecule has 0 unspecified atom stereocenters. The summed E-state index contributed by atoms with van der Waals surface area (Å²) in [5.41, 5.74) is -0.159. The maximum Gasteiger partial charge on any atom is 0.239 e. The number of likely N-dealkylation sites (N-methyl/N-ethyl adjacent to an activating group) is 1. The van der Waals surface area contributed by atoms with Crippen LogP contribution in [0.1, 0.15) is 44.9 Å². The molecule has 3 amide bonds. The van der Waals surface area contributed by atoms with Crippen molar-refractivity contribution in [3.8, 4) is 0 Å². The third-order valence-corrected chi connectivity index (χ3v) is 5.88. The van der Waals surface area contributed by atoms with Crippen LogP contribution in [-0.2, 0) is 14.4 Å². The van der Waals surface area contributed by atoms with Gasteiger partial charge in [-0.15, -0.1) is 0 Å². The maximum atomic E-state index is 12.7. The van der Waals surface area contributed by atoms with Crippen molar-refractivity contribution in [3.63, 3.8) is 0 Å². The second-order valence-electron chi connectivity index (χ2n) is 7.65. The van der Waals surface area contributed by atoms with E-state index in [1.54, 1.807) is 0 Å². The molecule has 0 atom stereocenters. The minimum absolute atomic E-state index is 0.0156. The van der Waals surface area contributed by atoms with Gasteiger partial charge in [0, 0.05) is 25.4 Å². The Kier molecular flexibility index (Phi) is 4.60. The zero-order valence-corrected chi connectivity index (χ0v) is 13.8. The molecule has 0 aromatic carbocycles. The van der Waals surface area contributed by atoms with Gasteiger partial charge in [-0.3, -0.25) is 14.4 Å². The lowest BCUT2D eigenvalue weighted by Crippen LogP contribution is -2.53. The van der Waals surface area contributed by atoms with E-state index in [1.165, 1.54) is 26.3 Å². The largest absolute Gasteiger partial charge is 0.358 e. The van der Waals surface area contributed by atoms with E-state index in [1.807, 2.05) is 0 Å². The molecule has 6 nitrogen and oxygen atoms in total. The van der Waals surface area contributed by atoms with Crippen LogP contribution in [0, 0.1) is 23.2 Å². The van der Waals surface area contributed by atoms with Crippen molar-refractivity contribution in [2.45, 2.75) is 44.9 Å². The van der Waals surface area contributed by atoms with E-state index in [4.69, 9.17) is 0 Å². The molecule has 4 saturated carbocycles. The molecule has 0 spiro atoms. The van der Waals surface area contributed by atoms with Crippen molar-refractivity contribution in [2.24, 2.45) is 23.2 Å². The van der Waals surface area contributed by atoms with Gasteiger partial charge in [0.05, 0.1) is 6.54 Å². The molecule has 6 heteroatoms. The van der Waals surface area contributed by atoms with Crippen LogP contribution in [0.2, 0.25) is 0 Å². The van der Waals surface area contributed by atoms with E-state index in [0.29, 0.717) is 6.54 Å². The molecule has 4 rings (SSSR count). The molecule has 3 N–H and O–H groups in total. The lowest BCUT2D eigenvalue weighted by Gasteiger charge is -2.55. The highest BCUT2D eigenvalue weighted by Crippen LogP contribution is 2.60. The summed E-state index contributed by atoms with van der Waals surface area (Å²) >= 11 is 0. The molecule has 23 heavy (non-hydrogen) atoms. The summed E-state index contributed by atoms with van der Waals surface area (Å²) in [4.78, 5) is 35.4. The highest BCUT2D eigenvalue weighted by atomic mass is 16.2. The zero-order valence-electron chi connectivity index (χ0n) is 13.8. The van der Waals surface area contributed by atoms with E-state index in [0.717, 1.165) is 37.0 Å². The van der Waals surface area contributed by atoms with Crippen molar-refractivity contribution in [2.75, 3.05) is 20.1 Å². The molecule has 0 heterocycles. The molecule has 0 aromatic rings. The van der Waals surface area contributed by atoms with Crippen LogP contribution in [0.4, 0.5) is 0 Å². The van der Waals surface area contributed by atoms with Crippen LogP contribution in [0.5, 0.6) is 0 Å². The molecule has 4 aliphatic carbocycles. The Morgan fingerprint density at radius 2 is 1.48 bits per heavy atom. The first-order chi connectivity index (χ1) is 11.0. The third-order valence-electron chi connectivity index (χ3n) is 5.88. The number of carbonyl (C=O) groups is 3. The van der Waals surface area contributed by atoms with Gasteiger partial charge in [-0.1, -0.05) is 0 Å². The van der Waals surface area contributed by atoms with Gasteiger partial charge in [0.1, 0.15) is 0 Å². The Balaban J connectivity index is 1.43. The van der Waals surface area contributed by atoms with Crippen LogP contribution >= 0.6 is 0 Å². The van der Waals surface area contributed by atoms with Crippen molar-refractivity contribution in [1.29, 1.82) is 0 Å².